The molecule has 0 spiro atoms. The highest BCUT2D eigenvalue weighted by molar-refractivity contribution is 9.10. The van der Waals surface area contributed by atoms with E-state index in [2.05, 4.69) is 57.2 Å². The Morgan fingerprint density at radius 3 is 2.65 bits per heavy atom. The molecule has 1 atom stereocenters. The van der Waals surface area contributed by atoms with Gasteiger partial charge < -0.3 is 9.64 Å². The van der Waals surface area contributed by atoms with E-state index in [1.807, 2.05) is 55.1 Å². The first-order valence-electron chi connectivity index (χ1n) is 12.2. The summed E-state index contributed by atoms with van der Waals surface area (Å²) >= 11 is 5.11. The zero-order valence-electron chi connectivity index (χ0n) is 20.9. The van der Waals surface area contributed by atoms with Crippen LogP contribution in [0.15, 0.2) is 86.6 Å². The summed E-state index contributed by atoms with van der Waals surface area (Å²) in [6.07, 6.45) is 3.73. The van der Waals surface area contributed by atoms with Crippen LogP contribution in [0.5, 0.6) is 5.75 Å². The fourth-order valence-corrected chi connectivity index (χ4v) is 7.07. The van der Waals surface area contributed by atoms with E-state index in [0.717, 1.165) is 51.1 Å². The molecule has 0 saturated heterocycles. The van der Waals surface area contributed by atoms with Gasteiger partial charge in [-0.15, -0.1) is 0 Å². The second kappa shape index (κ2) is 9.47. The molecule has 0 amide bonds. The van der Waals surface area contributed by atoms with Crippen molar-refractivity contribution in [3.63, 3.8) is 0 Å². The predicted molar refractivity (Wildman–Crippen MR) is 154 cm³/mol. The normalized spacial score (nSPS) is 16.5. The molecule has 1 aliphatic heterocycles. The van der Waals surface area contributed by atoms with Gasteiger partial charge in [0.1, 0.15) is 5.75 Å². The number of aromatic nitrogens is 1. The van der Waals surface area contributed by atoms with E-state index in [1.165, 1.54) is 22.5 Å². The molecule has 1 aliphatic carbocycles. The molecule has 3 aromatic carbocycles. The maximum absolute atomic E-state index is 14.0. The van der Waals surface area contributed by atoms with E-state index in [9.17, 15) is 4.79 Å². The number of methoxy groups -OCH3 is 1. The Morgan fingerprint density at radius 2 is 1.86 bits per heavy atom. The fourth-order valence-electron chi connectivity index (χ4n) is 5.32. The van der Waals surface area contributed by atoms with E-state index in [0.29, 0.717) is 9.33 Å². The highest BCUT2D eigenvalue weighted by Crippen LogP contribution is 2.43. The summed E-state index contributed by atoms with van der Waals surface area (Å²) in [5.41, 5.74) is 7.62. The lowest BCUT2D eigenvalue weighted by molar-refractivity contribution is 0.402. The van der Waals surface area contributed by atoms with Gasteiger partial charge in [0, 0.05) is 29.7 Å². The van der Waals surface area contributed by atoms with Crippen molar-refractivity contribution >= 4 is 44.7 Å². The number of anilines is 1. The van der Waals surface area contributed by atoms with Crippen LogP contribution in [-0.2, 0) is 6.42 Å². The minimum Gasteiger partial charge on any atom is -0.496 e. The number of fused-ring (bicyclic) bond motifs is 3. The van der Waals surface area contributed by atoms with Crippen LogP contribution in [0.2, 0.25) is 0 Å². The fraction of sp³-hybridized carbons (Fsp3) is 0.200. The maximum Gasteiger partial charge on any atom is 0.271 e. The molecule has 5 nitrogen and oxygen atoms in total. The van der Waals surface area contributed by atoms with Crippen molar-refractivity contribution in [3.8, 4) is 5.75 Å². The highest BCUT2D eigenvalue weighted by Gasteiger charge is 2.33. The zero-order chi connectivity index (χ0) is 25.7. The van der Waals surface area contributed by atoms with Crippen LogP contribution in [0.3, 0.4) is 0 Å². The number of nitrogens with zero attached hydrogens (tertiary/aromatic N) is 3. The largest absolute Gasteiger partial charge is 0.496 e. The Labute approximate surface area is 227 Å². The first kappa shape index (κ1) is 23.9. The number of allylic oxidation sites excluding steroid dienone is 1. The van der Waals surface area contributed by atoms with Crippen molar-refractivity contribution in [3.05, 3.63) is 119 Å². The SMILES string of the molecule is COc1ccccc1C1C2=C(N=c3sc(=Cc4ccc(N(C)C)c(Br)c4)c(=O)n31)c1ccccc1CC2. The molecule has 0 radical (unpaired) electrons. The summed E-state index contributed by atoms with van der Waals surface area (Å²) in [5, 5.41) is 0. The highest BCUT2D eigenvalue weighted by atomic mass is 79.9. The molecule has 7 heteroatoms. The second-order valence-corrected chi connectivity index (χ2v) is 11.3. The van der Waals surface area contributed by atoms with E-state index in [1.54, 1.807) is 7.11 Å². The minimum absolute atomic E-state index is 0.0297. The van der Waals surface area contributed by atoms with Gasteiger partial charge in [-0.3, -0.25) is 9.36 Å². The number of benzene rings is 3. The lowest BCUT2D eigenvalue weighted by atomic mass is 9.83. The number of para-hydroxylation sites is 1. The van der Waals surface area contributed by atoms with Gasteiger partial charge in [-0.05, 0) is 69.7 Å². The number of thiazole rings is 1. The molecular formula is C30H26BrN3O2S. The van der Waals surface area contributed by atoms with Gasteiger partial charge in [0.05, 0.1) is 29.1 Å². The van der Waals surface area contributed by atoms with Gasteiger partial charge >= 0.3 is 0 Å². The molecule has 0 fully saturated rings. The third kappa shape index (κ3) is 4.06. The number of aryl methyl sites for hydroxylation is 1. The lowest BCUT2D eigenvalue weighted by Gasteiger charge is -2.31. The monoisotopic (exact) mass is 571 g/mol. The molecule has 0 N–H and O–H groups in total. The van der Waals surface area contributed by atoms with Gasteiger partial charge in [0.2, 0.25) is 0 Å². The topological polar surface area (TPSA) is 46.8 Å². The third-order valence-electron chi connectivity index (χ3n) is 7.06. The van der Waals surface area contributed by atoms with Crippen molar-refractivity contribution in [1.82, 2.24) is 4.57 Å². The number of hydrogen-bond acceptors (Lipinski definition) is 5. The van der Waals surface area contributed by atoms with Crippen LogP contribution in [0.1, 0.15) is 34.7 Å². The summed E-state index contributed by atoms with van der Waals surface area (Å²) in [6, 6.07) is 22.3. The molecule has 186 valence electrons. The smallest absolute Gasteiger partial charge is 0.271 e. The van der Waals surface area contributed by atoms with Crippen LogP contribution < -0.4 is 24.5 Å². The molecule has 0 bridgehead atoms. The Bertz CT molecular complexity index is 1750. The standard InChI is InChI=1S/C30H26BrN3O2S/c1-33(2)24-15-12-18(16-23(24)31)17-26-29(35)34-28(21-10-6-7-11-25(21)36-3)22-14-13-19-8-4-5-9-20(19)27(22)32-30(34)37-26/h4-12,15-17,28H,13-14H2,1-3H3. The average molecular weight is 573 g/mol. The van der Waals surface area contributed by atoms with Gasteiger partial charge in [-0.1, -0.05) is 59.9 Å². The third-order valence-corrected chi connectivity index (χ3v) is 8.68. The Hall–Kier alpha value is -3.42. The molecule has 2 aliphatic rings. The number of hydrogen-bond donors (Lipinski definition) is 0. The van der Waals surface area contributed by atoms with Crippen LogP contribution in [0.25, 0.3) is 11.8 Å². The number of ether oxygens (including phenoxy) is 1. The Morgan fingerprint density at radius 1 is 1.08 bits per heavy atom. The molecular weight excluding hydrogens is 546 g/mol. The van der Waals surface area contributed by atoms with Crippen molar-refractivity contribution in [2.24, 2.45) is 4.99 Å². The Balaban J connectivity index is 1.60. The van der Waals surface area contributed by atoms with E-state index in [4.69, 9.17) is 9.73 Å². The van der Waals surface area contributed by atoms with Gasteiger partial charge in [0.15, 0.2) is 4.80 Å². The van der Waals surface area contributed by atoms with E-state index >= 15 is 0 Å². The van der Waals surface area contributed by atoms with Crippen LogP contribution >= 0.6 is 27.3 Å². The number of halogens is 1. The zero-order valence-corrected chi connectivity index (χ0v) is 23.3. The van der Waals surface area contributed by atoms with Gasteiger partial charge in [-0.2, -0.15) is 0 Å². The van der Waals surface area contributed by atoms with Crippen LogP contribution in [0.4, 0.5) is 5.69 Å². The molecule has 1 aromatic heterocycles. The quantitative estimate of drug-likeness (QED) is 0.340. The maximum atomic E-state index is 14.0. The predicted octanol–water partition coefficient (Wildman–Crippen LogP) is 5.16. The van der Waals surface area contributed by atoms with Crippen LogP contribution in [0, 0.1) is 0 Å². The molecule has 37 heavy (non-hydrogen) atoms. The molecule has 0 saturated carbocycles. The molecule has 1 unspecified atom stereocenters. The molecule has 6 rings (SSSR count). The van der Waals surface area contributed by atoms with Crippen molar-refractivity contribution in [1.29, 1.82) is 0 Å². The summed E-state index contributed by atoms with van der Waals surface area (Å²) in [4.78, 5) is 21.8. The second-order valence-electron chi connectivity index (χ2n) is 9.46. The first-order valence-corrected chi connectivity index (χ1v) is 13.8. The molecule has 2 heterocycles. The minimum atomic E-state index is -0.263. The van der Waals surface area contributed by atoms with Crippen molar-refractivity contribution in [2.45, 2.75) is 18.9 Å². The average Bonchev–Trinajstić information content (AvgIpc) is 3.21. The summed E-state index contributed by atoms with van der Waals surface area (Å²) in [7, 11) is 5.70. The summed E-state index contributed by atoms with van der Waals surface area (Å²) in [6.45, 7) is 0. The lowest BCUT2D eigenvalue weighted by Crippen LogP contribution is -2.39. The molecule has 4 aromatic rings. The van der Waals surface area contributed by atoms with E-state index < -0.39 is 0 Å². The van der Waals surface area contributed by atoms with Crippen LogP contribution in [-0.4, -0.2) is 25.8 Å². The van der Waals surface area contributed by atoms with Gasteiger partial charge in [-0.25, -0.2) is 4.99 Å². The number of rotatable bonds is 4. The van der Waals surface area contributed by atoms with Gasteiger partial charge in [0.25, 0.3) is 5.56 Å². The summed E-state index contributed by atoms with van der Waals surface area (Å²) < 4.78 is 9.28. The van der Waals surface area contributed by atoms with Crippen molar-refractivity contribution in [2.75, 3.05) is 26.1 Å². The first-order chi connectivity index (χ1) is 18.0. The summed E-state index contributed by atoms with van der Waals surface area (Å²) in [5.74, 6) is 0.776. The van der Waals surface area contributed by atoms with E-state index in [-0.39, 0.29) is 11.6 Å². The Kier molecular flexibility index (Phi) is 6.13. The van der Waals surface area contributed by atoms with Crippen molar-refractivity contribution < 1.29 is 4.74 Å².